The number of nitro groups is 1. The van der Waals surface area contributed by atoms with Gasteiger partial charge in [0.15, 0.2) is 11.5 Å². The van der Waals surface area contributed by atoms with E-state index in [0.29, 0.717) is 11.3 Å². The van der Waals surface area contributed by atoms with Gasteiger partial charge in [-0.15, -0.1) is 0 Å². The normalized spacial score (nSPS) is 11.6. The number of nitro benzene ring substituents is 1. The zero-order valence-electron chi connectivity index (χ0n) is 18.3. The van der Waals surface area contributed by atoms with Crippen LogP contribution < -0.4 is 20.1 Å². The maximum absolute atomic E-state index is 12.6. The van der Waals surface area contributed by atoms with Crippen molar-refractivity contribution in [1.29, 1.82) is 0 Å². The molecule has 1 heterocycles. The second-order valence-corrected chi connectivity index (χ2v) is 7.16. The van der Waals surface area contributed by atoms with Crippen LogP contribution >= 0.6 is 0 Å². The van der Waals surface area contributed by atoms with Crippen LogP contribution in [-0.2, 0) is 6.54 Å². The summed E-state index contributed by atoms with van der Waals surface area (Å²) in [6.45, 7) is -1.15. The molecule has 0 aliphatic carbocycles. The lowest BCUT2D eigenvalue weighted by Crippen LogP contribution is -2.23. The number of benzene rings is 2. The van der Waals surface area contributed by atoms with Gasteiger partial charge in [0.25, 0.3) is 11.6 Å². The van der Waals surface area contributed by atoms with Gasteiger partial charge in [0.05, 0.1) is 23.8 Å². The Morgan fingerprint density at radius 1 is 1.15 bits per heavy atom. The lowest BCUT2D eigenvalue weighted by molar-refractivity contribution is -0.384. The van der Waals surface area contributed by atoms with Crippen molar-refractivity contribution in [3.8, 4) is 11.5 Å². The summed E-state index contributed by atoms with van der Waals surface area (Å²) < 4.78 is 34.3. The minimum Gasteiger partial charge on any atom is -0.493 e. The Morgan fingerprint density at radius 2 is 1.94 bits per heavy atom. The smallest absolute Gasteiger partial charge is 0.387 e. The van der Waals surface area contributed by atoms with E-state index in [9.17, 15) is 23.7 Å². The fourth-order valence-corrected chi connectivity index (χ4v) is 3.18. The number of hydrogen-bond acceptors (Lipinski definition) is 7. The van der Waals surface area contributed by atoms with Crippen molar-refractivity contribution in [3.63, 3.8) is 0 Å². The number of amides is 1. The average molecular weight is 472 g/mol. The average Bonchev–Trinajstić information content (AvgIpc) is 2.83. The highest BCUT2D eigenvalue weighted by Crippen LogP contribution is 2.30. The fourth-order valence-electron chi connectivity index (χ4n) is 3.18. The van der Waals surface area contributed by atoms with E-state index in [0.717, 1.165) is 0 Å². The maximum atomic E-state index is 12.6. The quantitative estimate of drug-likeness (QED) is 0.324. The van der Waals surface area contributed by atoms with E-state index in [1.165, 1.54) is 43.5 Å². The van der Waals surface area contributed by atoms with Gasteiger partial charge < -0.3 is 20.1 Å². The lowest BCUT2D eigenvalue weighted by atomic mass is 10.1. The molecule has 3 aromatic rings. The van der Waals surface area contributed by atoms with Gasteiger partial charge in [-0.2, -0.15) is 8.78 Å². The number of nitrogens with one attached hydrogen (secondary N) is 2. The Balaban J connectivity index is 1.71. The minimum atomic E-state index is -3.00. The summed E-state index contributed by atoms with van der Waals surface area (Å²) in [5, 5.41) is 17.3. The summed E-state index contributed by atoms with van der Waals surface area (Å²) in [6.07, 6.45) is 1.63. The number of carbonyl (C=O) groups excluding carboxylic acids is 1. The molecule has 0 saturated carbocycles. The van der Waals surface area contributed by atoms with Gasteiger partial charge in [0, 0.05) is 24.4 Å². The van der Waals surface area contributed by atoms with Crippen LogP contribution in [0.25, 0.3) is 0 Å². The molecular formula is C23H22F2N4O5. The summed E-state index contributed by atoms with van der Waals surface area (Å²) >= 11 is 0. The van der Waals surface area contributed by atoms with Crippen molar-refractivity contribution in [3.05, 3.63) is 87.7 Å². The third-order valence-corrected chi connectivity index (χ3v) is 4.86. The number of alkyl halides is 2. The molecule has 0 saturated heterocycles. The van der Waals surface area contributed by atoms with Crippen LogP contribution in [0, 0.1) is 10.1 Å². The van der Waals surface area contributed by atoms with E-state index in [1.54, 1.807) is 18.3 Å². The van der Waals surface area contributed by atoms with Crippen molar-refractivity contribution in [1.82, 2.24) is 10.3 Å². The number of anilines is 1. The van der Waals surface area contributed by atoms with E-state index in [1.807, 2.05) is 13.0 Å². The summed E-state index contributed by atoms with van der Waals surface area (Å²) in [5.41, 5.74) is 1.35. The second-order valence-electron chi connectivity index (χ2n) is 7.16. The first-order valence-corrected chi connectivity index (χ1v) is 10.1. The first-order valence-electron chi connectivity index (χ1n) is 10.1. The van der Waals surface area contributed by atoms with Gasteiger partial charge in [-0.05, 0) is 48.9 Å². The Labute approximate surface area is 193 Å². The molecule has 0 radical (unpaired) electrons. The predicted octanol–water partition coefficient (Wildman–Crippen LogP) is 4.70. The van der Waals surface area contributed by atoms with Gasteiger partial charge in [-0.1, -0.05) is 12.1 Å². The van der Waals surface area contributed by atoms with Crippen LogP contribution in [0.3, 0.4) is 0 Å². The highest BCUT2D eigenvalue weighted by molar-refractivity contribution is 5.95. The van der Waals surface area contributed by atoms with Crippen molar-refractivity contribution < 1.29 is 28.0 Å². The number of carbonyl (C=O) groups is 1. The second kappa shape index (κ2) is 11.0. The van der Waals surface area contributed by atoms with E-state index >= 15 is 0 Å². The molecule has 1 unspecified atom stereocenters. The molecule has 9 nitrogen and oxygen atoms in total. The Morgan fingerprint density at radius 3 is 2.59 bits per heavy atom. The molecule has 2 N–H and O–H groups in total. The number of halogens is 2. The van der Waals surface area contributed by atoms with Crippen LogP contribution in [0.4, 0.5) is 20.2 Å². The molecule has 3 rings (SSSR count). The third kappa shape index (κ3) is 6.15. The fraction of sp³-hybridized carbons (Fsp3) is 0.217. The molecule has 0 aliphatic rings. The Bertz CT molecular complexity index is 1160. The van der Waals surface area contributed by atoms with Crippen LogP contribution in [0.2, 0.25) is 0 Å². The summed E-state index contributed by atoms with van der Waals surface area (Å²) in [5.74, 6) is -0.592. The van der Waals surface area contributed by atoms with Crippen LogP contribution in [0.5, 0.6) is 11.5 Å². The highest BCUT2D eigenvalue weighted by Gasteiger charge is 2.20. The van der Waals surface area contributed by atoms with Crippen LogP contribution in [0.1, 0.15) is 34.6 Å². The Kier molecular flexibility index (Phi) is 7.91. The number of pyridine rings is 1. The first-order chi connectivity index (χ1) is 16.3. The van der Waals surface area contributed by atoms with Crippen molar-refractivity contribution in [2.75, 3.05) is 12.4 Å². The predicted molar refractivity (Wildman–Crippen MR) is 120 cm³/mol. The lowest BCUT2D eigenvalue weighted by Gasteiger charge is -2.15. The number of nitrogens with zero attached hydrogens (tertiary/aromatic N) is 2. The van der Waals surface area contributed by atoms with E-state index < -0.39 is 17.4 Å². The van der Waals surface area contributed by atoms with Crippen molar-refractivity contribution >= 4 is 17.3 Å². The summed E-state index contributed by atoms with van der Waals surface area (Å²) in [4.78, 5) is 27.9. The zero-order valence-corrected chi connectivity index (χ0v) is 18.3. The molecule has 0 bridgehead atoms. The zero-order chi connectivity index (χ0) is 24.7. The van der Waals surface area contributed by atoms with E-state index in [4.69, 9.17) is 4.74 Å². The van der Waals surface area contributed by atoms with Crippen molar-refractivity contribution in [2.45, 2.75) is 26.1 Å². The number of aromatic nitrogens is 1. The standard InChI is InChI=1S/C23H22F2N4O5/c1-14(17-5-3-4-10-26-17)28-18-8-7-16(12-19(18)29(31)32)22(30)27-13-15-6-9-20(34-23(24)25)21(11-15)33-2/h3-12,14,23,28H,13H2,1-2H3,(H,27,30). The number of methoxy groups -OCH3 is 1. The molecule has 2 aromatic carbocycles. The topological polar surface area (TPSA) is 116 Å². The summed E-state index contributed by atoms with van der Waals surface area (Å²) in [7, 11) is 1.31. The van der Waals surface area contributed by atoms with E-state index in [-0.39, 0.29) is 41.0 Å². The molecule has 0 fully saturated rings. The molecule has 1 amide bonds. The number of rotatable bonds is 10. The summed E-state index contributed by atoms with van der Waals surface area (Å²) in [6, 6.07) is 13.5. The first kappa shape index (κ1) is 24.4. The van der Waals surface area contributed by atoms with Crippen LogP contribution in [0.15, 0.2) is 60.8 Å². The minimum absolute atomic E-state index is 0.0364. The molecular weight excluding hydrogens is 450 g/mol. The van der Waals surface area contributed by atoms with Gasteiger partial charge in [-0.3, -0.25) is 19.9 Å². The van der Waals surface area contributed by atoms with Crippen molar-refractivity contribution in [2.24, 2.45) is 0 Å². The Hall–Kier alpha value is -4.28. The maximum Gasteiger partial charge on any atom is 0.387 e. The largest absolute Gasteiger partial charge is 0.493 e. The molecule has 11 heteroatoms. The van der Waals surface area contributed by atoms with Crippen LogP contribution in [-0.4, -0.2) is 29.5 Å². The van der Waals surface area contributed by atoms with Gasteiger partial charge >= 0.3 is 6.61 Å². The van der Waals surface area contributed by atoms with Gasteiger partial charge in [-0.25, -0.2) is 0 Å². The number of ether oxygens (including phenoxy) is 2. The molecule has 0 spiro atoms. The SMILES string of the molecule is COc1cc(CNC(=O)c2ccc(NC(C)c3ccccn3)c([N+](=O)[O-])c2)ccc1OC(F)F. The molecule has 1 atom stereocenters. The van der Waals surface area contributed by atoms with E-state index in [2.05, 4.69) is 20.4 Å². The third-order valence-electron chi connectivity index (χ3n) is 4.86. The molecule has 0 aliphatic heterocycles. The van der Waals surface area contributed by atoms with Gasteiger partial charge in [0.2, 0.25) is 0 Å². The highest BCUT2D eigenvalue weighted by atomic mass is 19.3. The molecule has 1 aromatic heterocycles. The molecule has 178 valence electrons. The molecule has 34 heavy (non-hydrogen) atoms. The number of hydrogen-bond donors (Lipinski definition) is 2. The monoisotopic (exact) mass is 472 g/mol. The van der Waals surface area contributed by atoms with Gasteiger partial charge in [0.1, 0.15) is 5.69 Å².